The maximum atomic E-state index is 12.3. The van der Waals surface area contributed by atoms with Crippen LogP contribution in [0.2, 0.25) is 0 Å². The number of carbonyl (C=O) groups is 1. The Balaban J connectivity index is 0.00000264. The molecule has 136 valence electrons. The highest BCUT2D eigenvalue weighted by atomic mass is 35.5. The molecule has 2 aromatic rings. The first-order chi connectivity index (χ1) is 10.7. The summed E-state index contributed by atoms with van der Waals surface area (Å²) in [6, 6.07) is 7.85. The number of imidazole rings is 1. The standard InChI is InChI=1S/C16H24N4OS.2ClH/c1-11(10-17-2)16(21)20-14(8-9-22-3)15-18-12-6-4-5-7-13(12)19-15;;/h4-7,11,14,17H,8-10H2,1-3H3,(H,18,19)(H,20,21);2*1H. The number of benzene rings is 1. The third kappa shape index (κ3) is 6.16. The van der Waals surface area contributed by atoms with Gasteiger partial charge in [0, 0.05) is 12.5 Å². The zero-order chi connectivity index (χ0) is 15.9. The van der Waals surface area contributed by atoms with Gasteiger partial charge < -0.3 is 15.6 Å². The molecule has 0 saturated carbocycles. The first-order valence-electron chi connectivity index (χ1n) is 7.54. The lowest BCUT2D eigenvalue weighted by molar-refractivity contribution is -0.125. The lowest BCUT2D eigenvalue weighted by atomic mass is 10.1. The van der Waals surface area contributed by atoms with Crippen LogP contribution in [0.4, 0.5) is 0 Å². The highest BCUT2D eigenvalue weighted by Crippen LogP contribution is 2.20. The molecule has 1 heterocycles. The lowest BCUT2D eigenvalue weighted by Gasteiger charge is -2.19. The van der Waals surface area contributed by atoms with Gasteiger partial charge in [-0.2, -0.15) is 11.8 Å². The number of nitrogens with one attached hydrogen (secondary N) is 3. The molecule has 1 aromatic heterocycles. The summed E-state index contributed by atoms with van der Waals surface area (Å²) in [5.74, 6) is 1.80. The number of aromatic nitrogens is 2. The molecule has 2 atom stereocenters. The minimum atomic E-state index is -0.0772. The van der Waals surface area contributed by atoms with Crippen molar-refractivity contribution in [3.05, 3.63) is 30.1 Å². The quantitative estimate of drug-likeness (QED) is 0.644. The Hall–Kier alpha value is -0.950. The van der Waals surface area contributed by atoms with E-state index in [4.69, 9.17) is 0 Å². The number of aromatic amines is 1. The fourth-order valence-corrected chi connectivity index (χ4v) is 2.83. The van der Waals surface area contributed by atoms with Crippen molar-refractivity contribution < 1.29 is 4.79 Å². The lowest BCUT2D eigenvalue weighted by Crippen LogP contribution is -2.37. The minimum absolute atomic E-state index is 0. The summed E-state index contributed by atoms with van der Waals surface area (Å²) in [7, 11) is 1.86. The Kier molecular flexibility index (Phi) is 11.1. The molecule has 0 aliphatic carbocycles. The van der Waals surface area contributed by atoms with Gasteiger partial charge in [-0.3, -0.25) is 4.79 Å². The molecule has 0 radical (unpaired) electrons. The molecule has 0 saturated heterocycles. The van der Waals surface area contributed by atoms with Crippen LogP contribution < -0.4 is 10.6 Å². The van der Waals surface area contributed by atoms with Gasteiger partial charge in [0.25, 0.3) is 0 Å². The molecular weight excluding hydrogens is 367 g/mol. The smallest absolute Gasteiger partial charge is 0.224 e. The second kappa shape index (κ2) is 11.6. The van der Waals surface area contributed by atoms with E-state index in [2.05, 4.69) is 26.9 Å². The first kappa shape index (κ1) is 23.1. The molecule has 0 aliphatic rings. The number of rotatable bonds is 8. The second-order valence-corrected chi connectivity index (χ2v) is 6.43. The van der Waals surface area contributed by atoms with Crippen molar-refractivity contribution in [2.45, 2.75) is 19.4 Å². The summed E-state index contributed by atoms with van der Waals surface area (Å²) in [6.07, 6.45) is 2.93. The second-order valence-electron chi connectivity index (χ2n) is 5.44. The highest BCUT2D eigenvalue weighted by Gasteiger charge is 2.21. The van der Waals surface area contributed by atoms with Gasteiger partial charge in [0.15, 0.2) is 0 Å². The highest BCUT2D eigenvalue weighted by molar-refractivity contribution is 7.98. The number of H-pyrrole nitrogens is 1. The van der Waals surface area contributed by atoms with Crippen molar-refractivity contribution in [2.24, 2.45) is 5.92 Å². The van der Waals surface area contributed by atoms with E-state index in [9.17, 15) is 4.79 Å². The molecule has 1 amide bonds. The molecule has 5 nitrogen and oxygen atoms in total. The summed E-state index contributed by atoms with van der Waals surface area (Å²) in [5, 5.41) is 6.17. The predicted octanol–water partition coefficient (Wildman–Crippen LogP) is 3.17. The summed E-state index contributed by atoms with van der Waals surface area (Å²) in [5.41, 5.74) is 1.94. The summed E-state index contributed by atoms with van der Waals surface area (Å²) in [4.78, 5) is 20.3. The maximum absolute atomic E-state index is 12.3. The van der Waals surface area contributed by atoms with Crippen LogP contribution in [0, 0.1) is 5.92 Å². The van der Waals surface area contributed by atoms with Crippen molar-refractivity contribution in [2.75, 3.05) is 25.6 Å². The third-order valence-electron chi connectivity index (χ3n) is 3.62. The zero-order valence-corrected chi connectivity index (χ0v) is 16.6. The molecule has 0 bridgehead atoms. The van der Waals surface area contributed by atoms with Crippen LogP contribution in [-0.4, -0.2) is 41.5 Å². The predicted molar refractivity (Wildman–Crippen MR) is 108 cm³/mol. The number of hydrogen-bond donors (Lipinski definition) is 3. The number of amides is 1. The van der Waals surface area contributed by atoms with Crippen molar-refractivity contribution in [1.82, 2.24) is 20.6 Å². The first-order valence-corrected chi connectivity index (χ1v) is 8.93. The zero-order valence-electron chi connectivity index (χ0n) is 14.2. The van der Waals surface area contributed by atoms with E-state index in [0.29, 0.717) is 6.54 Å². The van der Waals surface area contributed by atoms with E-state index >= 15 is 0 Å². The number of halogens is 2. The van der Waals surface area contributed by atoms with Crippen LogP contribution in [0.15, 0.2) is 24.3 Å². The van der Waals surface area contributed by atoms with Gasteiger partial charge in [-0.25, -0.2) is 4.98 Å². The molecule has 8 heteroatoms. The fourth-order valence-electron chi connectivity index (χ4n) is 2.36. The van der Waals surface area contributed by atoms with Gasteiger partial charge in [-0.05, 0) is 37.6 Å². The van der Waals surface area contributed by atoms with Gasteiger partial charge in [-0.15, -0.1) is 24.8 Å². The maximum Gasteiger partial charge on any atom is 0.224 e. The molecule has 1 aromatic carbocycles. The van der Waals surface area contributed by atoms with Crippen molar-refractivity contribution in [3.8, 4) is 0 Å². The van der Waals surface area contributed by atoms with Crippen molar-refractivity contribution in [3.63, 3.8) is 0 Å². The summed E-state index contributed by atoms with van der Waals surface area (Å²) in [6.45, 7) is 2.59. The van der Waals surface area contributed by atoms with E-state index < -0.39 is 0 Å². The van der Waals surface area contributed by atoms with E-state index in [0.717, 1.165) is 29.0 Å². The Morgan fingerprint density at radius 2 is 2.04 bits per heavy atom. The van der Waals surface area contributed by atoms with Crippen molar-refractivity contribution in [1.29, 1.82) is 0 Å². The normalized spacial score (nSPS) is 12.8. The SMILES string of the molecule is CNCC(C)C(=O)NC(CCSC)c1nc2ccccc2[nH]1.Cl.Cl. The molecule has 0 aliphatic heterocycles. The molecule has 3 N–H and O–H groups in total. The van der Waals surface area contributed by atoms with Gasteiger partial charge in [0.2, 0.25) is 5.91 Å². The molecule has 2 unspecified atom stereocenters. The van der Waals surface area contributed by atoms with E-state index in [-0.39, 0.29) is 42.7 Å². The van der Waals surface area contributed by atoms with Crippen molar-refractivity contribution >= 4 is 53.5 Å². The van der Waals surface area contributed by atoms with Crippen LogP contribution in [0.25, 0.3) is 11.0 Å². The topological polar surface area (TPSA) is 69.8 Å². The summed E-state index contributed by atoms with van der Waals surface area (Å²) >= 11 is 1.77. The largest absolute Gasteiger partial charge is 0.346 e. The van der Waals surface area contributed by atoms with Gasteiger partial charge in [0.1, 0.15) is 5.82 Å². The van der Waals surface area contributed by atoms with Gasteiger partial charge in [-0.1, -0.05) is 19.1 Å². The number of thioether (sulfide) groups is 1. The van der Waals surface area contributed by atoms with Crippen LogP contribution in [-0.2, 0) is 4.79 Å². The Bertz CT molecular complexity index is 590. The third-order valence-corrected chi connectivity index (χ3v) is 4.27. The summed E-state index contributed by atoms with van der Waals surface area (Å²) < 4.78 is 0. The number of para-hydroxylation sites is 2. The van der Waals surface area contributed by atoms with E-state index in [1.807, 2.05) is 38.2 Å². The molecule has 0 spiro atoms. The Morgan fingerprint density at radius 3 is 2.67 bits per heavy atom. The average Bonchev–Trinajstić information content (AvgIpc) is 2.95. The number of nitrogens with zero attached hydrogens (tertiary/aromatic N) is 1. The number of carbonyl (C=O) groups excluding carboxylic acids is 1. The number of fused-ring (bicyclic) bond motifs is 1. The average molecular weight is 393 g/mol. The van der Waals surface area contributed by atoms with Crippen LogP contribution >= 0.6 is 36.6 Å². The van der Waals surface area contributed by atoms with Crippen LogP contribution in [0.3, 0.4) is 0 Å². The van der Waals surface area contributed by atoms with Crippen LogP contribution in [0.1, 0.15) is 25.2 Å². The van der Waals surface area contributed by atoms with Gasteiger partial charge in [0.05, 0.1) is 17.1 Å². The molecular formula is C16H26Cl2N4OS. The monoisotopic (exact) mass is 392 g/mol. The van der Waals surface area contributed by atoms with E-state index in [1.54, 1.807) is 11.8 Å². The minimum Gasteiger partial charge on any atom is -0.346 e. The number of hydrogen-bond acceptors (Lipinski definition) is 4. The van der Waals surface area contributed by atoms with Gasteiger partial charge >= 0.3 is 0 Å². The van der Waals surface area contributed by atoms with Crippen LogP contribution in [0.5, 0.6) is 0 Å². The molecule has 2 rings (SSSR count). The molecule has 0 fully saturated rings. The Morgan fingerprint density at radius 1 is 1.33 bits per heavy atom. The van der Waals surface area contributed by atoms with E-state index in [1.165, 1.54) is 0 Å². The molecule has 24 heavy (non-hydrogen) atoms. The Labute approximate surface area is 160 Å². The fraction of sp³-hybridized carbons (Fsp3) is 0.500.